The summed E-state index contributed by atoms with van der Waals surface area (Å²) in [6.45, 7) is -0.821. The summed E-state index contributed by atoms with van der Waals surface area (Å²) < 4.78 is 79.0. The fourth-order valence-corrected chi connectivity index (χ4v) is 3.66. The first kappa shape index (κ1) is 23.8. The van der Waals surface area contributed by atoms with E-state index in [0.29, 0.717) is 11.1 Å². The van der Waals surface area contributed by atoms with Gasteiger partial charge < -0.3 is 10.3 Å². The van der Waals surface area contributed by atoms with Gasteiger partial charge in [0.2, 0.25) is 5.82 Å². The SMILES string of the molecule is CS(=O)(=O)c1cccc(-c2cccc3c2nc(C(F)(F)F)n3C/C(F)=C/CN)c1.Cl. The third-order valence-corrected chi connectivity index (χ3v) is 5.36. The van der Waals surface area contributed by atoms with Crippen LogP contribution in [0.2, 0.25) is 0 Å². The van der Waals surface area contributed by atoms with Gasteiger partial charge in [-0.3, -0.25) is 0 Å². The minimum absolute atomic E-state index is 0. The number of rotatable bonds is 5. The summed E-state index contributed by atoms with van der Waals surface area (Å²) in [4.78, 5) is 3.76. The second-order valence-corrected chi connectivity index (χ2v) is 8.40. The molecule has 2 aromatic carbocycles. The van der Waals surface area contributed by atoms with Crippen molar-refractivity contribution in [2.45, 2.75) is 17.6 Å². The average Bonchev–Trinajstić information content (AvgIpc) is 3.00. The lowest BCUT2D eigenvalue weighted by Crippen LogP contribution is -2.15. The van der Waals surface area contributed by atoms with Crippen LogP contribution in [0.25, 0.3) is 22.2 Å². The normalized spacial score (nSPS) is 12.8. The van der Waals surface area contributed by atoms with E-state index >= 15 is 0 Å². The molecule has 11 heteroatoms. The van der Waals surface area contributed by atoms with E-state index in [2.05, 4.69) is 4.98 Å². The van der Waals surface area contributed by atoms with Crippen molar-refractivity contribution >= 4 is 33.3 Å². The zero-order chi connectivity index (χ0) is 21.4. The van der Waals surface area contributed by atoms with E-state index in [-0.39, 0.29) is 34.9 Å². The van der Waals surface area contributed by atoms with Crippen molar-refractivity contribution in [1.29, 1.82) is 0 Å². The fourth-order valence-electron chi connectivity index (χ4n) is 2.99. The van der Waals surface area contributed by atoms with Gasteiger partial charge in [-0.1, -0.05) is 24.3 Å². The fraction of sp³-hybridized carbons (Fsp3) is 0.211. The highest BCUT2D eigenvalue weighted by Crippen LogP contribution is 2.36. The topological polar surface area (TPSA) is 78.0 Å². The van der Waals surface area contributed by atoms with Crippen molar-refractivity contribution in [3.63, 3.8) is 0 Å². The van der Waals surface area contributed by atoms with E-state index in [0.717, 1.165) is 16.9 Å². The van der Waals surface area contributed by atoms with Crippen molar-refractivity contribution in [2.75, 3.05) is 12.8 Å². The van der Waals surface area contributed by atoms with Gasteiger partial charge in [-0.25, -0.2) is 17.8 Å². The molecule has 162 valence electrons. The second kappa shape index (κ2) is 8.75. The third kappa shape index (κ3) is 4.82. The Bertz CT molecular complexity index is 1200. The molecular formula is C19H18ClF4N3O2S. The highest BCUT2D eigenvalue weighted by molar-refractivity contribution is 7.90. The maximum atomic E-state index is 14.0. The molecule has 0 aliphatic rings. The highest BCUT2D eigenvalue weighted by atomic mass is 35.5. The van der Waals surface area contributed by atoms with Gasteiger partial charge in [0.15, 0.2) is 9.84 Å². The number of hydrogen-bond donors (Lipinski definition) is 1. The molecule has 30 heavy (non-hydrogen) atoms. The predicted octanol–water partition coefficient (Wildman–Crippen LogP) is 4.36. The van der Waals surface area contributed by atoms with Gasteiger partial charge in [0.25, 0.3) is 0 Å². The standard InChI is InChI=1S/C19H17F4N3O2S.ClH/c1-29(27,28)14-5-2-4-12(10-14)15-6-3-7-16-17(15)25-18(19(21,22)23)26(16)11-13(20)8-9-24;/h2-8,10H,9,11,24H2,1H3;1H/b13-8-;. The van der Waals surface area contributed by atoms with Gasteiger partial charge >= 0.3 is 6.18 Å². The van der Waals surface area contributed by atoms with Gasteiger partial charge in [0.1, 0.15) is 5.83 Å². The van der Waals surface area contributed by atoms with Crippen LogP contribution >= 0.6 is 12.4 Å². The third-order valence-electron chi connectivity index (χ3n) is 4.25. The van der Waals surface area contributed by atoms with Crippen LogP contribution in [0.1, 0.15) is 5.82 Å². The minimum Gasteiger partial charge on any atom is -0.327 e. The van der Waals surface area contributed by atoms with Crippen molar-refractivity contribution in [2.24, 2.45) is 5.73 Å². The van der Waals surface area contributed by atoms with E-state index in [1.54, 1.807) is 6.07 Å². The second-order valence-electron chi connectivity index (χ2n) is 6.38. The monoisotopic (exact) mass is 463 g/mol. The van der Waals surface area contributed by atoms with Gasteiger partial charge in [0.05, 0.1) is 22.5 Å². The molecule has 0 aliphatic carbocycles. The van der Waals surface area contributed by atoms with Gasteiger partial charge in [-0.2, -0.15) is 13.2 Å². The van der Waals surface area contributed by atoms with E-state index in [9.17, 15) is 26.0 Å². The molecule has 3 aromatic rings. The highest BCUT2D eigenvalue weighted by Gasteiger charge is 2.38. The summed E-state index contributed by atoms with van der Waals surface area (Å²) in [6.07, 6.45) is -2.78. The maximum absolute atomic E-state index is 14.0. The Labute approximate surface area is 176 Å². The first-order valence-electron chi connectivity index (χ1n) is 8.44. The van der Waals surface area contributed by atoms with E-state index < -0.39 is 34.2 Å². The quantitative estimate of drug-likeness (QED) is 0.570. The number of halogens is 5. The van der Waals surface area contributed by atoms with E-state index in [4.69, 9.17) is 5.73 Å². The Hall–Kier alpha value is -2.43. The summed E-state index contributed by atoms with van der Waals surface area (Å²) >= 11 is 0. The Morgan fingerprint density at radius 1 is 1.20 bits per heavy atom. The van der Waals surface area contributed by atoms with Crippen LogP contribution in [0.15, 0.2) is 59.3 Å². The number of allylic oxidation sites excluding steroid dienone is 1. The number of hydrogen-bond acceptors (Lipinski definition) is 4. The Morgan fingerprint density at radius 2 is 1.87 bits per heavy atom. The molecule has 0 atom stereocenters. The van der Waals surface area contributed by atoms with Crippen LogP contribution in [0.5, 0.6) is 0 Å². The molecule has 0 fully saturated rings. The van der Waals surface area contributed by atoms with Crippen LogP contribution in [-0.4, -0.2) is 30.8 Å². The minimum atomic E-state index is -4.81. The number of nitrogens with two attached hydrogens (primary N) is 1. The largest absolute Gasteiger partial charge is 0.449 e. The first-order chi connectivity index (χ1) is 13.5. The number of aromatic nitrogens is 2. The first-order valence-corrected chi connectivity index (χ1v) is 10.3. The lowest BCUT2D eigenvalue weighted by molar-refractivity contribution is -0.146. The van der Waals surface area contributed by atoms with Crippen molar-refractivity contribution in [3.8, 4) is 11.1 Å². The Morgan fingerprint density at radius 3 is 2.47 bits per heavy atom. The molecular weight excluding hydrogens is 446 g/mol. The number of alkyl halides is 3. The van der Waals surface area contributed by atoms with Gasteiger partial charge in [0, 0.05) is 18.4 Å². The van der Waals surface area contributed by atoms with Crippen LogP contribution < -0.4 is 5.73 Å². The summed E-state index contributed by atoms with van der Waals surface area (Å²) in [5, 5.41) is 0. The lowest BCUT2D eigenvalue weighted by Gasteiger charge is -2.10. The molecule has 0 aliphatic heterocycles. The van der Waals surface area contributed by atoms with Gasteiger partial charge in [-0.15, -0.1) is 12.4 Å². The van der Waals surface area contributed by atoms with Crippen LogP contribution in [0.4, 0.5) is 17.6 Å². The molecule has 0 saturated carbocycles. The van der Waals surface area contributed by atoms with Gasteiger partial charge in [-0.05, 0) is 29.8 Å². The smallest absolute Gasteiger partial charge is 0.327 e. The molecule has 5 nitrogen and oxygen atoms in total. The van der Waals surface area contributed by atoms with Crippen LogP contribution in [0.3, 0.4) is 0 Å². The molecule has 0 spiro atoms. The number of nitrogens with zero attached hydrogens (tertiary/aromatic N) is 2. The molecule has 2 N–H and O–H groups in total. The number of benzene rings is 2. The zero-order valence-corrected chi connectivity index (χ0v) is 17.3. The van der Waals surface area contributed by atoms with E-state index in [1.165, 1.54) is 36.4 Å². The molecule has 0 unspecified atom stereocenters. The molecule has 0 radical (unpaired) electrons. The zero-order valence-electron chi connectivity index (χ0n) is 15.6. The molecule has 1 heterocycles. The van der Waals surface area contributed by atoms with Crippen molar-refractivity contribution in [1.82, 2.24) is 9.55 Å². The van der Waals surface area contributed by atoms with Crippen LogP contribution in [-0.2, 0) is 22.6 Å². The number of sulfone groups is 1. The lowest BCUT2D eigenvalue weighted by atomic mass is 10.0. The predicted molar refractivity (Wildman–Crippen MR) is 109 cm³/mol. The van der Waals surface area contributed by atoms with Crippen LogP contribution in [0, 0.1) is 0 Å². The number of para-hydroxylation sites is 1. The average molecular weight is 464 g/mol. The molecule has 3 rings (SSSR count). The number of imidazole rings is 1. The summed E-state index contributed by atoms with van der Waals surface area (Å²) in [5.41, 5.74) is 5.98. The summed E-state index contributed by atoms with van der Waals surface area (Å²) in [6, 6.07) is 10.3. The van der Waals surface area contributed by atoms with Crippen molar-refractivity contribution < 1.29 is 26.0 Å². The number of fused-ring (bicyclic) bond motifs is 1. The maximum Gasteiger partial charge on any atom is 0.449 e. The molecule has 0 saturated heterocycles. The summed E-state index contributed by atoms with van der Waals surface area (Å²) in [5.74, 6) is -2.07. The molecule has 1 aromatic heterocycles. The Balaban J connectivity index is 0.00000320. The Kier molecular flexibility index (Phi) is 6.95. The molecule has 0 amide bonds. The van der Waals surface area contributed by atoms with Crippen molar-refractivity contribution in [3.05, 3.63) is 60.2 Å². The van der Waals surface area contributed by atoms with E-state index in [1.807, 2.05) is 0 Å². The summed E-state index contributed by atoms with van der Waals surface area (Å²) in [7, 11) is -3.51. The molecule has 0 bridgehead atoms.